The first-order chi connectivity index (χ1) is 7.82. The maximum absolute atomic E-state index is 12.1. The van der Waals surface area contributed by atoms with Gasteiger partial charge >= 0.3 is 0 Å². The van der Waals surface area contributed by atoms with Crippen molar-refractivity contribution in [3.8, 4) is 0 Å². The molecule has 17 heavy (non-hydrogen) atoms. The lowest BCUT2D eigenvalue weighted by molar-refractivity contribution is 0.0930. The van der Waals surface area contributed by atoms with Gasteiger partial charge in [-0.3, -0.25) is 4.79 Å². The molecule has 1 N–H and O–H groups in total. The van der Waals surface area contributed by atoms with Crippen molar-refractivity contribution in [3.05, 3.63) is 34.4 Å². The molecule has 1 aromatic rings. The standard InChI is InChI=1S/C15H23NO/c1-9(2)13(6)16-15(17)14-8-11(4)10(3)7-12(14)5/h7-9,13H,1-6H3,(H,16,17)/t13-/m0/s1. The Kier molecular flexibility index (Phi) is 4.33. The van der Waals surface area contributed by atoms with Crippen molar-refractivity contribution in [1.82, 2.24) is 5.32 Å². The van der Waals surface area contributed by atoms with Crippen molar-refractivity contribution in [2.75, 3.05) is 0 Å². The summed E-state index contributed by atoms with van der Waals surface area (Å²) < 4.78 is 0. The van der Waals surface area contributed by atoms with Crippen LogP contribution in [0.15, 0.2) is 12.1 Å². The number of aryl methyl sites for hydroxylation is 3. The number of carbonyl (C=O) groups is 1. The molecule has 0 heterocycles. The largest absolute Gasteiger partial charge is 0.349 e. The van der Waals surface area contributed by atoms with Crippen LogP contribution in [-0.4, -0.2) is 11.9 Å². The van der Waals surface area contributed by atoms with E-state index >= 15 is 0 Å². The van der Waals surface area contributed by atoms with Gasteiger partial charge in [0.25, 0.3) is 5.91 Å². The molecule has 94 valence electrons. The third-order valence-corrected chi connectivity index (χ3v) is 3.44. The van der Waals surface area contributed by atoms with E-state index in [2.05, 4.69) is 32.2 Å². The summed E-state index contributed by atoms with van der Waals surface area (Å²) in [6.07, 6.45) is 0. The molecule has 0 aromatic heterocycles. The Labute approximate surface area is 104 Å². The van der Waals surface area contributed by atoms with Gasteiger partial charge in [-0.15, -0.1) is 0 Å². The van der Waals surface area contributed by atoms with Crippen LogP contribution in [0.25, 0.3) is 0 Å². The van der Waals surface area contributed by atoms with Gasteiger partial charge in [0.1, 0.15) is 0 Å². The summed E-state index contributed by atoms with van der Waals surface area (Å²) in [5, 5.41) is 3.04. The third kappa shape index (κ3) is 3.32. The van der Waals surface area contributed by atoms with Gasteiger partial charge < -0.3 is 5.32 Å². The molecule has 2 heteroatoms. The molecule has 1 atom stereocenters. The molecule has 0 saturated carbocycles. The summed E-state index contributed by atoms with van der Waals surface area (Å²) in [5.41, 5.74) is 4.23. The minimum Gasteiger partial charge on any atom is -0.349 e. The van der Waals surface area contributed by atoms with Crippen LogP contribution in [0.4, 0.5) is 0 Å². The topological polar surface area (TPSA) is 29.1 Å². The fourth-order valence-corrected chi connectivity index (χ4v) is 1.66. The van der Waals surface area contributed by atoms with Crippen molar-refractivity contribution in [3.63, 3.8) is 0 Å². The van der Waals surface area contributed by atoms with Crippen LogP contribution < -0.4 is 5.32 Å². The van der Waals surface area contributed by atoms with Crippen LogP contribution in [0.2, 0.25) is 0 Å². The Balaban J connectivity index is 2.93. The number of benzene rings is 1. The SMILES string of the molecule is Cc1cc(C)c(C(=O)N[C@@H](C)C(C)C)cc1C. The van der Waals surface area contributed by atoms with Crippen LogP contribution >= 0.6 is 0 Å². The minimum absolute atomic E-state index is 0.0341. The predicted octanol–water partition coefficient (Wildman–Crippen LogP) is 3.39. The molecule has 0 saturated heterocycles. The second-order valence-corrected chi connectivity index (χ2v) is 5.26. The van der Waals surface area contributed by atoms with Gasteiger partial charge in [0.05, 0.1) is 0 Å². The zero-order chi connectivity index (χ0) is 13.2. The summed E-state index contributed by atoms with van der Waals surface area (Å²) >= 11 is 0. The first-order valence-corrected chi connectivity index (χ1v) is 6.21. The van der Waals surface area contributed by atoms with Crippen molar-refractivity contribution in [2.24, 2.45) is 5.92 Å². The normalized spacial score (nSPS) is 12.6. The molecule has 0 aliphatic carbocycles. The van der Waals surface area contributed by atoms with E-state index in [0.717, 1.165) is 16.7 Å². The lowest BCUT2D eigenvalue weighted by atomic mass is 9.99. The summed E-state index contributed by atoms with van der Waals surface area (Å²) in [4.78, 5) is 12.1. The van der Waals surface area contributed by atoms with Crippen molar-refractivity contribution >= 4 is 5.91 Å². The predicted molar refractivity (Wildman–Crippen MR) is 72.4 cm³/mol. The van der Waals surface area contributed by atoms with E-state index in [0.29, 0.717) is 5.92 Å². The lowest BCUT2D eigenvalue weighted by Gasteiger charge is -2.18. The van der Waals surface area contributed by atoms with Gasteiger partial charge in [0.15, 0.2) is 0 Å². The zero-order valence-corrected chi connectivity index (χ0v) is 11.7. The Bertz CT molecular complexity index is 421. The monoisotopic (exact) mass is 233 g/mol. The number of carbonyl (C=O) groups excluding carboxylic acids is 1. The van der Waals surface area contributed by atoms with E-state index in [1.54, 1.807) is 0 Å². The lowest BCUT2D eigenvalue weighted by Crippen LogP contribution is -2.36. The van der Waals surface area contributed by atoms with Crippen molar-refractivity contribution < 1.29 is 4.79 Å². The van der Waals surface area contributed by atoms with Crippen LogP contribution in [-0.2, 0) is 0 Å². The van der Waals surface area contributed by atoms with Crippen LogP contribution in [0.1, 0.15) is 47.8 Å². The Morgan fingerprint density at radius 2 is 1.53 bits per heavy atom. The minimum atomic E-state index is 0.0341. The molecule has 0 bridgehead atoms. The number of hydrogen-bond acceptors (Lipinski definition) is 1. The molecule has 0 radical (unpaired) electrons. The van der Waals surface area contributed by atoms with Crippen LogP contribution in [0.5, 0.6) is 0 Å². The summed E-state index contributed by atoms with van der Waals surface area (Å²) in [7, 11) is 0. The molecule has 1 aromatic carbocycles. The van der Waals surface area contributed by atoms with E-state index in [4.69, 9.17) is 0 Å². The van der Waals surface area contributed by atoms with E-state index in [1.807, 2.05) is 26.8 Å². The van der Waals surface area contributed by atoms with Gasteiger partial charge in [0, 0.05) is 11.6 Å². The summed E-state index contributed by atoms with van der Waals surface area (Å²) in [6.45, 7) is 12.4. The van der Waals surface area contributed by atoms with E-state index in [9.17, 15) is 4.79 Å². The van der Waals surface area contributed by atoms with Gasteiger partial charge in [0.2, 0.25) is 0 Å². The number of rotatable bonds is 3. The molecule has 2 nitrogen and oxygen atoms in total. The summed E-state index contributed by atoms with van der Waals surface area (Å²) in [6, 6.07) is 4.25. The average molecular weight is 233 g/mol. The molecule has 1 rings (SSSR count). The zero-order valence-electron chi connectivity index (χ0n) is 11.7. The second kappa shape index (κ2) is 5.35. The fraction of sp³-hybridized carbons (Fsp3) is 0.533. The quantitative estimate of drug-likeness (QED) is 0.852. The molecule has 0 unspecified atom stereocenters. The Morgan fingerprint density at radius 1 is 1.00 bits per heavy atom. The third-order valence-electron chi connectivity index (χ3n) is 3.44. The summed E-state index contributed by atoms with van der Waals surface area (Å²) in [5.74, 6) is 0.484. The molecule has 0 aliphatic rings. The van der Waals surface area contributed by atoms with E-state index in [1.165, 1.54) is 5.56 Å². The highest BCUT2D eigenvalue weighted by atomic mass is 16.1. The average Bonchev–Trinajstić information content (AvgIpc) is 2.22. The highest BCUT2D eigenvalue weighted by Crippen LogP contribution is 2.15. The highest BCUT2D eigenvalue weighted by molar-refractivity contribution is 5.96. The first kappa shape index (κ1) is 13.8. The Hall–Kier alpha value is -1.31. The molecule has 0 aliphatic heterocycles. The fourth-order valence-electron chi connectivity index (χ4n) is 1.66. The Morgan fingerprint density at radius 3 is 2.06 bits per heavy atom. The van der Waals surface area contributed by atoms with Gasteiger partial charge in [-0.05, 0) is 56.4 Å². The molecular weight excluding hydrogens is 210 g/mol. The smallest absolute Gasteiger partial charge is 0.251 e. The molecule has 0 spiro atoms. The van der Waals surface area contributed by atoms with Crippen molar-refractivity contribution in [2.45, 2.75) is 47.6 Å². The van der Waals surface area contributed by atoms with Gasteiger partial charge in [-0.25, -0.2) is 0 Å². The second-order valence-electron chi connectivity index (χ2n) is 5.26. The van der Waals surface area contributed by atoms with Crippen molar-refractivity contribution in [1.29, 1.82) is 0 Å². The van der Waals surface area contributed by atoms with E-state index in [-0.39, 0.29) is 11.9 Å². The maximum Gasteiger partial charge on any atom is 0.251 e. The molecule has 1 amide bonds. The number of nitrogens with one attached hydrogen (secondary N) is 1. The van der Waals surface area contributed by atoms with Crippen LogP contribution in [0.3, 0.4) is 0 Å². The number of amides is 1. The maximum atomic E-state index is 12.1. The molecular formula is C15H23NO. The first-order valence-electron chi connectivity index (χ1n) is 6.21. The molecule has 0 fully saturated rings. The van der Waals surface area contributed by atoms with Gasteiger partial charge in [-0.2, -0.15) is 0 Å². The van der Waals surface area contributed by atoms with Gasteiger partial charge in [-0.1, -0.05) is 19.9 Å². The number of hydrogen-bond donors (Lipinski definition) is 1. The van der Waals surface area contributed by atoms with E-state index < -0.39 is 0 Å². The van der Waals surface area contributed by atoms with Crippen LogP contribution in [0, 0.1) is 26.7 Å². The highest BCUT2D eigenvalue weighted by Gasteiger charge is 2.14.